The summed E-state index contributed by atoms with van der Waals surface area (Å²) in [6, 6.07) is 4.43. The van der Waals surface area contributed by atoms with Gasteiger partial charge in [-0.15, -0.1) is 0 Å². The van der Waals surface area contributed by atoms with E-state index in [0.717, 1.165) is 12.8 Å². The first-order chi connectivity index (χ1) is 11.5. The van der Waals surface area contributed by atoms with Gasteiger partial charge in [-0.25, -0.2) is 0 Å². The third kappa shape index (κ3) is 3.51. The summed E-state index contributed by atoms with van der Waals surface area (Å²) < 4.78 is 5.13. The fraction of sp³-hybridized carbons (Fsp3) is 0.312. The number of hydrogen-bond donors (Lipinski definition) is 2. The Morgan fingerprint density at radius 2 is 2.25 bits per heavy atom. The summed E-state index contributed by atoms with van der Waals surface area (Å²) >= 11 is 5.74. The van der Waals surface area contributed by atoms with Crippen LogP contribution in [0, 0.1) is 0 Å². The number of piperidine rings is 1. The number of nitrogens with zero attached hydrogens (tertiary/aromatic N) is 1. The summed E-state index contributed by atoms with van der Waals surface area (Å²) in [5, 5.41) is 2.83. The number of pyridine rings is 1. The quantitative estimate of drug-likeness (QED) is 0.880. The van der Waals surface area contributed by atoms with Crippen LogP contribution < -0.4 is 10.9 Å². The van der Waals surface area contributed by atoms with E-state index < -0.39 is 5.56 Å². The summed E-state index contributed by atoms with van der Waals surface area (Å²) in [5.74, 6) is -0.245. The molecule has 1 aliphatic heterocycles. The van der Waals surface area contributed by atoms with Gasteiger partial charge in [-0.1, -0.05) is 11.6 Å². The molecule has 1 unspecified atom stereocenters. The van der Waals surface area contributed by atoms with E-state index in [0.29, 0.717) is 13.1 Å². The Bertz CT molecular complexity index is 800. The van der Waals surface area contributed by atoms with Crippen molar-refractivity contribution in [1.82, 2.24) is 15.2 Å². The van der Waals surface area contributed by atoms with E-state index >= 15 is 0 Å². The van der Waals surface area contributed by atoms with Crippen molar-refractivity contribution >= 4 is 23.4 Å². The van der Waals surface area contributed by atoms with Crippen LogP contribution in [0.15, 0.2) is 39.9 Å². The molecule has 0 bridgehead atoms. The van der Waals surface area contributed by atoms with Gasteiger partial charge in [0, 0.05) is 25.3 Å². The van der Waals surface area contributed by atoms with E-state index in [1.807, 2.05) is 0 Å². The standard InChI is InChI=1S/C16H16ClN3O4/c17-12-7-10(8-18-15(12)22)14(21)19-11-3-1-5-20(9-11)16(23)13-4-2-6-24-13/h2,4,6-8,11H,1,3,5,9H2,(H,18,22)(H,19,21). The van der Waals surface area contributed by atoms with Crippen molar-refractivity contribution in [3.8, 4) is 0 Å². The van der Waals surface area contributed by atoms with E-state index in [-0.39, 0.29) is 34.2 Å². The van der Waals surface area contributed by atoms with Crippen LogP contribution in [-0.2, 0) is 0 Å². The minimum Gasteiger partial charge on any atom is -0.459 e. The van der Waals surface area contributed by atoms with Gasteiger partial charge in [0.1, 0.15) is 5.02 Å². The van der Waals surface area contributed by atoms with Crippen LogP contribution in [0.5, 0.6) is 0 Å². The number of amides is 2. The highest BCUT2D eigenvalue weighted by Gasteiger charge is 2.27. The van der Waals surface area contributed by atoms with Gasteiger partial charge >= 0.3 is 0 Å². The number of furan rings is 1. The zero-order valence-electron chi connectivity index (χ0n) is 12.8. The number of rotatable bonds is 3. The molecular formula is C16H16ClN3O4. The van der Waals surface area contributed by atoms with E-state index in [2.05, 4.69) is 10.3 Å². The lowest BCUT2D eigenvalue weighted by molar-refractivity contribution is 0.0647. The van der Waals surface area contributed by atoms with Crippen molar-refractivity contribution in [2.75, 3.05) is 13.1 Å². The smallest absolute Gasteiger partial charge is 0.289 e. The Labute approximate surface area is 142 Å². The number of likely N-dealkylation sites (tertiary alicyclic amines) is 1. The van der Waals surface area contributed by atoms with Gasteiger partial charge < -0.3 is 19.6 Å². The molecule has 8 heteroatoms. The monoisotopic (exact) mass is 349 g/mol. The maximum Gasteiger partial charge on any atom is 0.289 e. The molecule has 1 aliphatic rings. The molecule has 24 heavy (non-hydrogen) atoms. The fourth-order valence-corrected chi connectivity index (χ4v) is 2.86. The molecule has 0 aromatic carbocycles. The minimum absolute atomic E-state index is 0.0408. The van der Waals surface area contributed by atoms with Crippen LogP contribution in [0.4, 0.5) is 0 Å². The zero-order valence-corrected chi connectivity index (χ0v) is 13.5. The molecule has 1 atom stereocenters. The first kappa shape index (κ1) is 16.3. The summed E-state index contributed by atoms with van der Waals surface area (Å²) in [6.07, 6.45) is 4.32. The molecule has 0 aliphatic carbocycles. The van der Waals surface area contributed by atoms with Crippen LogP contribution in [0.3, 0.4) is 0 Å². The van der Waals surface area contributed by atoms with Gasteiger partial charge in [-0.3, -0.25) is 14.4 Å². The molecular weight excluding hydrogens is 334 g/mol. The predicted molar refractivity (Wildman–Crippen MR) is 87.2 cm³/mol. The zero-order chi connectivity index (χ0) is 17.1. The molecule has 0 saturated carbocycles. The van der Waals surface area contributed by atoms with Crippen LogP contribution >= 0.6 is 11.6 Å². The van der Waals surface area contributed by atoms with Crippen LogP contribution in [0.1, 0.15) is 33.8 Å². The Kier molecular flexibility index (Phi) is 4.71. The van der Waals surface area contributed by atoms with Crippen molar-refractivity contribution in [3.63, 3.8) is 0 Å². The molecule has 7 nitrogen and oxygen atoms in total. The van der Waals surface area contributed by atoms with Crippen molar-refractivity contribution in [2.24, 2.45) is 0 Å². The highest BCUT2D eigenvalue weighted by molar-refractivity contribution is 6.30. The molecule has 2 aromatic rings. The summed E-state index contributed by atoms with van der Waals surface area (Å²) in [4.78, 5) is 39.9. The molecule has 0 radical (unpaired) electrons. The van der Waals surface area contributed by atoms with Gasteiger partial charge in [0.25, 0.3) is 17.4 Å². The maximum atomic E-state index is 12.3. The summed E-state index contributed by atoms with van der Waals surface area (Å²) in [6.45, 7) is 1.03. The third-order valence-electron chi connectivity index (χ3n) is 3.90. The first-order valence-corrected chi connectivity index (χ1v) is 7.94. The second-order valence-corrected chi connectivity index (χ2v) is 6.01. The average Bonchev–Trinajstić information content (AvgIpc) is 3.11. The van der Waals surface area contributed by atoms with Gasteiger partial charge in [-0.05, 0) is 31.0 Å². The number of H-pyrrole nitrogens is 1. The second kappa shape index (κ2) is 6.92. The number of aromatic amines is 1. The molecule has 3 heterocycles. The van der Waals surface area contributed by atoms with Crippen molar-refractivity contribution in [3.05, 3.63) is 57.4 Å². The maximum absolute atomic E-state index is 12.3. The number of halogens is 1. The molecule has 1 fully saturated rings. The Hall–Kier alpha value is -2.54. The lowest BCUT2D eigenvalue weighted by Gasteiger charge is -2.32. The lowest BCUT2D eigenvalue weighted by Crippen LogP contribution is -2.49. The van der Waals surface area contributed by atoms with Crippen molar-refractivity contribution in [2.45, 2.75) is 18.9 Å². The number of hydrogen-bond acceptors (Lipinski definition) is 4. The van der Waals surface area contributed by atoms with E-state index in [9.17, 15) is 14.4 Å². The molecule has 3 rings (SSSR count). The predicted octanol–water partition coefficient (Wildman–Crippen LogP) is 1.66. The van der Waals surface area contributed by atoms with Gasteiger partial charge in [0.2, 0.25) is 0 Å². The van der Waals surface area contributed by atoms with Gasteiger partial charge in [0.05, 0.1) is 11.8 Å². The normalized spacial score (nSPS) is 17.5. The first-order valence-electron chi connectivity index (χ1n) is 7.56. The summed E-state index contributed by atoms with van der Waals surface area (Å²) in [5.41, 5.74) is -0.171. The summed E-state index contributed by atoms with van der Waals surface area (Å²) in [7, 11) is 0. The van der Waals surface area contributed by atoms with E-state index in [1.54, 1.807) is 17.0 Å². The van der Waals surface area contributed by atoms with Crippen LogP contribution in [-0.4, -0.2) is 40.8 Å². The largest absolute Gasteiger partial charge is 0.459 e. The lowest BCUT2D eigenvalue weighted by atomic mass is 10.0. The number of carbonyl (C=O) groups is 2. The third-order valence-corrected chi connectivity index (χ3v) is 4.18. The van der Waals surface area contributed by atoms with Crippen molar-refractivity contribution < 1.29 is 14.0 Å². The number of aromatic nitrogens is 1. The fourth-order valence-electron chi connectivity index (χ4n) is 2.69. The van der Waals surface area contributed by atoms with Gasteiger partial charge in [-0.2, -0.15) is 0 Å². The highest BCUT2D eigenvalue weighted by atomic mass is 35.5. The van der Waals surface area contributed by atoms with Crippen LogP contribution in [0.25, 0.3) is 0 Å². The Balaban J connectivity index is 1.64. The Morgan fingerprint density at radius 1 is 1.42 bits per heavy atom. The molecule has 2 aromatic heterocycles. The molecule has 1 saturated heterocycles. The number of nitrogens with one attached hydrogen (secondary N) is 2. The SMILES string of the molecule is O=C(NC1CCCN(C(=O)c2ccco2)C1)c1c[nH]c(=O)c(Cl)c1. The number of carbonyl (C=O) groups excluding carboxylic acids is 2. The highest BCUT2D eigenvalue weighted by Crippen LogP contribution is 2.15. The topological polar surface area (TPSA) is 95.4 Å². The molecule has 0 spiro atoms. The molecule has 126 valence electrons. The average molecular weight is 350 g/mol. The molecule has 2 amide bonds. The minimum atomic E-state index is -0.443. The Morgan fingerprint density at radius 3 is 2.96 bits per heavy atom. The molecule has 2 N–H and O–H groups in total. The van der Waals surface area contributed by atoms with Gasteiger partial charge in [0.15, 0.2) is 5.76 Å². The van der Waals surface area contributed by atoms with Crippen molar-refractivity contribution in [1.29, 1.82) is 0 Å². The van der Waals surface area contributed by atoms with E-state index in [1.165, 1.54) is 18.5 Å². The van der Waals surface area contributed by atoms with Crippen LogP contribution in [0.2, 0.25) is 5.02 Å². The van der Waals surface area contributed by atoms with E-state index in [4.69, 9.17) is 16.0 Å². The second-order valence-electron chi connectivity index (χ2n) is 5.61.